The molecule has 0 aromatic heterocycles. The highest BCUT2D eigenvalue weighted by Gasteiger charge is 2.33. The van der Waals surface area contributed by atoms with Gasteiger partial charge in [0.15, 0.2) is 0 Å². The van der Waals surface area contributed by atoms with Crippen LogP contribution in [0.5, 0.6) is 0 Å². The van der Waals surface area contributed by atoms with Crippen LogP contribution < -0.4 is 0 Å². The summed E-state index contributed by atoms with van der Waals surface area (Å²) >= 11 is 0. The molecule has 0 saturated carbocycles. The van der Waals surface area contributed by atoms with E-state index in [-0.39, 0.29) is 0 Å². The monoisotopic (exact) mass is 262 g/mol. The van der Waals surface area contributed by atoms with E-state index in [1.807, 2.05) is 0 Å². The van der Waals surface area contributed by atoms with Crippen LogP contribution in [0, 0.1) is 5.92 Å². The minimum absolute atomic E-state index is 0.496. The molecule has 100 valence electrons. The van der Waals surface area contributed by atoms with Crippen LogP contribution in [-0.2, 0) is 14.9 Å². The molecule has 2 rings (SSSR count). The third kappa shape index (κ3) is 2.99. The minimum Gasteiger partial charge on any atom is -0.379 e. The van der Waals surface area contributed by atoms with Gasteiger partial charge in [-0.15, -0.1) is 0 Å². The molecule has 2 aliphatic heterocycles. The first-order valence-electron chi connectivity index (χ1n) is 6.47. The highest BCUT2D eigenvalue weighted by Crippen LogP contribution is 2.23. The Kier molecular flexibility index (Phi) is 4.41. The summed E-state index contributed by atoms with van der Waals surface area (Å²) in [7, 11) is -3.24. The van der Waals surface area contributed by atoms with Crippen molar-refractivity contribution in [3.63, 3.8) is 0 Å². The molecular weight excluding hydrogens is 240 g/mol. The number of piperidine rings is 1. The van der Waals surface area contributed by atoms with Crippen molar-refractivity contribution in [3.8, 4) is 0 Å². The second-order valence-electron chi connectivity index (χ2n) is 4.79. The Morgan fingerprint density at radius 2 is 1.88 bits per heavy atom. The summed E-state index contributed by atoms with van der Waals surface area (Å²) in [6, 6.07) is 0. The molecule has 0 amide bonds. The van der Waals surface area contributed by atoms with Gasteiger partial charge in [0, 0.05) is 26.2 Å². The summed E-state index contributed by atoms with van der Waals surface area (Å²) in [4.78, 5) is 0. The smallest absolute Gasteiger partial charge is 0.282 e. The van der Waals surface area contributed by atoms with E-state index in [4.69, 9.17) is 4.74 Å². The number of hydrogen-bond acceptors (Lipinski definition) is 3. The molecule has 0 unspecified atom stereocenters. The maximum Gasteiger partial charge on any atom is 0.282 e. The fourth-order valence-electron chi connectivity index (χ4n) is 2.51. The predicted octanol–water partition coefficient (Wildman–Crippen LogP) is 0.685. The SMILES string of the molecule is CC[C@@H]1CCCN(S(=O)(=O)N2CCOCC2)C1. The van der Waals surface area contributed by atoms with Crippen LogP contribution >= 0.6 is 0 Å². The zero-order valence-corrected chi connectivity index (χ0v) is 11.3. The molecule has 2 saturated heterocycles. The zero-order valence-electron chi connectivity index (χ0n) is 10.5. The number of rotatable bonds is 3. The van der Waals surface area contributed by atoms with Crippen LogP contribution in [0.4, 0.5) is 0 Å². The highest BCUT2D eigenvalue weighted by atomic mass is 32.2. The Labute approximate surface area is 104 Å². The zero-order chi connectivity index (χ0) is 12.3. The standard InChI is InChI=1S/C11H22N2O3S/c1-2-11-4-3-5-13(10-11)17(14,15)12-6-8-16-9-7-12/h11H,2-10H2,1H3/t11-/m1/s1. The normalized spacial score (nSPS) is 29.4. The van der Waals surface area contributed by atoms with Gasteiger partial charge in [-0.1, -0.05) is 13.3 Å². The molecule has 0 aromatic carbocycles. The average molecular weight is 262 g/mol. The highest BCUT2D eigenvalue weighted by molar-refractivity contribution is 7.86. The molecule has 17 heavy (non-hydrogen) atoms. The Hall–Kier alpha value is -0.170. The first-order chi connectivity index (χ1) is 8.14. The molecule has 0 aromatic rings. The Morgan fingerprint density at radius 3 is 2.53 bits per heavy atom. The van der Waals surface area contributed by atoms with Crippen LogP contribution in [0.1, 0.15) is 26.2 Å². The van der Waals surface area contributed by atoms with Crippen LogP contribution in [0.2, 0.25) is 0 Å². The van der Waals surface area contributed by atoms with Crippen LogP contribution in [0.25, 0.3) is 0 Å². The molecule has 1 atom stereocenters. The summed E-state index contributed by atoms with van der Waals surface area (Å²) in [5.74, 6) is 0.527. The third-order valence-electron chi connectivity index (χ3n) is 3.68. The van der Waals surface area contributed by atoms with Gasteiger partial charge < -0.3 is 4.74 Å². The molecular formula is C11H22N2O3S. The Morgan fingerprint density at radius 1 is 1.18 bits per heavy atom. The van der Waals surface area contributed by atoms with Gasteiger partial charge in [-0.3, -0.25) is 0 Å². The number of ether oxygens (including phenoxy) is 1. The van der Waals surface area contributed by atoms with Crippen LogP contribution in [0.3, 0.4) is 0 Å². The lowest BCUT2D eigenvalue weighted by Gasteiger charge is -2.36. The number of morpholine rings is 1. The summed E-state index contributed by atoms with van der Waals surface area (Å²) in [6.45, 7) is 5.53. The van der Waals surface area contributed by atoms with E-state index in [9.17, 15) is 8.42 Å². The lowest BCUT2D eigenvalue weighted by atomic mass is 9.97. The molecule has 2 aliphatic rings. The van der Waals surface area contributed by atoms with Gasteiger partial charge in [0.25, 0.3) is 10.2 Å². The second-order valence-corrected chi connectivity index (χ2v) is 6.72. The third-order valence-corrected chi connectivity index (χ3v) is 5.68. The maximum absolute atomic E-state index is 12.4. The molecule has 0 N–H and O–H groups in total. The van der Waals surface area contributed by atoms with Crippen molar-refractivity contribution in [2.45, 2.75) is 26.2 Å². The van der Waals surface area contributed by atoms with Gasteiger partial charge in [0.1, 0.15) is 0 Å². The van der Waals surface area contributed by atoms with Crippen molar-refractivity contribution in [3.05, 3.63) is 0 Å². The van der Waals surface area contributed by atoms with Gasteiger partial charge in [-0.2, -0.15) is 17.0 Å². The molecule has 0 aliphatic carbocycles. The first-order valence-corrected chi connectivity index (χ1v) is 7.87. The van der Waals surface area contributed by atoms with Gasteiger partial charge in [-0.25, -0.2) is 0 Å². The number of nitrogens with zero attached hydrogens (tertiary/aromatic N) is 2. The summed E-state index contributed by atoms with van der Waals surface area (Å²) in [5, 5.41) is 0. The van der Waals surface area contributed by atoms with Gasteiger partial charge in [-0.05, 0) is 18.8 Å². The fraction of sp³-hybridized carbons (Fsp3) is 1.00. The average Bonchev–Trinajstić information content (AvgIpc) is 2.40. The van der Waals surface area contributed by atoms with Gasteiger partial charge in [0.2, 0.25) is 0 Å². The van der Waals surface area contributed by atoms with Gasteiger partial charge in [0.05, 0.1) is 13.2 Å². The largest absolute Gasteiger partial charge is 0.379 e. The molecule has 2 heterocycles. The molecule has 5 nitrogen and oxygen atoms in total. The molecule has 0 spiro atoms. The van der Waals surface area contributed by atoms with E-state index in [2.05, 4.69) is 6.92 Å². The van der Waals surface area contributed by atoms with Gasteiger partial charge >= 0.3 is 0 Å². The first kappa shape index (κ1) is 13.3. The van der Waals surface area contributed by atoms with Crippen LogP contribution in [-0.4, -0.2) is 56.4 Å². The Balaban J connectivity index is 2.03. The van der Waals surface area contributed by atoms with Crippen molar-refractivity contribution in [1.29, 1.82) is 0 Å². The van der Waals surface area contributed by atoms with E-state index in [1.54, 1.807) is 8.61 Å². The van der Waals surface area contributed by atoms with Crippen molar-refractivity contribution in [2.75, 3.05) is 39.4 Å². The molecule has 6 heteroatoms. The number of hydrogen-bond donors (Lipinski definition) is 0. The molecule has 0 radical (unpaired) electrons. The van der Waals surface area contributed by atoms with Crippen molar-refractivity contribution in [2.24, 2.45) is 5.92 Å². The minimum atomic E-state index is -3.24. The summed E-state index contributed by atoms with van der Waals surface area (Å²) < 4.78 is 33.2. The van der Waals surface area contributed by atoms with E-state index < -0.39 is 10.2 Å². The summed E-state index contributed by atoms with van der Waals surface area (Å²) in [5.41, 5.74) is 0. The lowest BCUT2D eigenvalue weighted by molar-refractivity contribution is 0.0690. The summed E-state index contributed by atoms with van der Waals surface area (Å²) in [6.07, 6.45) is 3.21. The Bertz CT molecular complexity index is 339. The van der Waals surface area contributed by atoms with E-state index >= 15 is 0 Å². The lowest BCUT2D eigenvalue weighted by Crippen LogP contribution is -2.51. The fourth-order valence-corrected chi connectivity index (χ4v) is 4.21. The van der Waals surface area contributed by atoms with E-state index in [0.717, 1.165) is 19.3 Å². The van der Waals surface area contributed by atoms with Crippen LogP contribution in [0.15, 0.2) is 0 Å². The second kappa shape index (κ2) is 5.65. The predicted molar refractivity (Wildman–Crippen MR) is 65.9 cm³/mol. The maximum atomic E-state index is 12.4. The van der Waals surface area contributed by atoms with Crippen molar-refractivity contribution in [1.82, 2.24) is 8.61 Å². The van der Waals surface area contributed by atoms with Crippen molar-refractivity contribution >= 4 is 10.2 Å². The topological polar surface area (TPSA) is 49.9 Å². The molecule has 0 bridgehead atoms. The molecule has 2 fully saturated rings. The van der Waals surface area contributed by atoms with Crippen molar-refractivity contribution < 1.29 is 13.2 Å². The quantitative estimate of drug-likeness (QED) is 0.752. The van der Waals surface area contributed by atoms with E-state index in [1.165, 1.54) is 0 Å². The van der Waals surface area contributed by atoms with E-state index in [0.29, 0.717) is 45.3 Å².